The first-order valence-electron chi connectivity index (χ1n) is 19.2. The van der Waals surface area contributed by atoms with Crippen LogP contribution in [0, 0.1) is 35.5 Å². The van der Waals surface area contributed by atoms with Crippen molar-refractivity contribution >= 4 is 45.8 Å². The maximum atomic E-state index is 15.4. The lowest BCUT2D eigenvalue weighted by atomic mass is 9.54. The van der Waals surface area contributed by atoms with Crippen molar-refractivity contribution in [3.8, 4) is 0 Å². The average Bonchev–Trinajstić information content (AvgIpc) is 3.29. The predicted octanol–water partition coefficient (Wildman–Crippen LogP) is 8.99. The molecule has 8 fully saturated rings. The highest BCUT2D eigenvalue weighted by atomic mass is 79.9. The number of hydrazine groups is 1. The first-order valence-corrected chi connectivity index (χ1v) is 20.0. The van der Waals surface area contributed by atoms with Crippen LogP contribution >= 0.6 is 15.9 Å². The second-order valence-electron chi connectivity index (χ2n) is 18.3. The number of rotatable bonds is 4. The molecule has 2 aromatic carbocycles. The quantitative estimate of drug-likeness (QED) is 0.244. The highest BCUT2D eigenvalue weighted by molar-refractivity contribution is 9.10. The Hall–Kier alpha value is -3.60. The maximum absolute atomic E-state index is 15.4. The second kappa shape index (κ2) is 12.0. The van der Waals surface area contributed by atoms with Crippen LogP contribution in [-0.2, 0) is 24.5 Å². The number of ether oxygens (including phenoxy) is 3. The Morgan fingerprint density at radius 1 is 0.769 bits per heavy atom. The summed E-state index contributed by atoms with van der Waals surface area (Å²) >= 11 is 3.53. The minimum atomic E-state index is -2.03. The Morgan fingerprint density at radius 3 is 1.77 bits per heavy atom. The van der Waals surface area contributed by atoms with Gasteiger partial charge in [-0.15, -0.1) is 0 Å². The van der Waals surface area contributed by atoms with E-state index in [2.05, 4.69) is 21.4 Å². The van der Waals surface area contributed by atoms with Crippen molar-refractivity contribution in [3.05, 3.63) is 64.1 Å². The molecule has 1 atom stereocenters. The zero-order chi connectivity index (χ0) is 36.2. The standard InChI is InChI=1S/C41H48BrN3O7/c1-38(2,3)51-36(48)44-33-17-31(42)9-10-32(33)41(34(44)46,30-7-5-4-6-8-30)45(37(49)52-40-21-27-14-28(22-40)16-29(15-27)23-40)43-35(47)50-39-18-24-11-25(19-39)13-26(12-24)20-39/h4-10,17,24-29H,11-16,18-23H2,1-3H3,(H,43,47)/t24?,25?,26?,27?,28?,29?,39?,40?,41-/m1/s1. The van der Waals surface area contributed by atoms with E-state index in [9.17, 15) is 9.59 Å². The van der Waals surface area contributed by atoms with Gasteiger partial charge >= 0.3 is 18.3 Å². The van der Waals surface area contributed by atoms with Crippen LogP contribution in [0.4, 0.5) is 20.1 Å². The van der Waals surface area contributed by atoms with E-state index in [4.69, 9.17) is 14.2 Å². The molecule has 0 unspecified atom stereocenters. The van der Waals surface area contributed by atoms with Gasteiger partial charge in [-0.3, -0.25) is 4.79 Å². The monoisotopic (exact) mass is 773 g/mol. The van der Waals surface area contributed by atoms with Crippen molar-refractivity contribution in [2.24, 2.45) is 35.5 Å². The Kier molecular flexibility index (Phi) is 7.86. The van der Waals surface area contributed by atoms with Gasteiger partial charge in [-0.05, 0) is 151 Å². The molecular formula is C41H48BrN3O7. The number of carbonyl (C=O) groups excluding carboxylic acids is 4. The topological polar surface area (TPSA) is 114 Å². The van der Waals surface area contributed by atoms with Crippen LogP contribution in [0.15, 0.2) is 53.0 Å². The fraction of sp³-hybridized carbons (Fsp3) is 0.610. The number of amides is 4. The maximum Gasteiger partial charge on any atom is 0.431 e. The van der Waals surface area contributed by atoms with Gasteiger partial charge in [0.05, 0.1) is 5.69 Å². The van der Waals surface area contributed by atoms with Crippen molar-refractivity contribution in [3.63, 3.8) is 0 Å². The normalized spacial score (nSPS) is 36.4. The lowest BCUT2D eigenvalue weighted by Gasteiger charge is -2.56. The van der Waals surface area contributed by atoms with Crippen molar-refractivity contribution in [1.29, 1.82) is 0 Å². The molecule has 4 amide bonds. The van der Waals surface area contributed by atoms with Gasteiger partial charge in [0.15, 0.2) is 5.54 Å². The zero-order valence-electron chi connectivity index (χ0n) is 30.2. The number of halogens is 1. The van der Waals surface area contributed by atoms with Crippen molar-refractivity contribution < 1.29 is 33.4 Å². The molecule has 52 heavy (non-hydrogen) atoms. The van der Waals surface area contributed by atoms with E-state index in [0.717, 1.165) is 67.7 Å². The van der Waals surface area contributed by atoms with Crippen molar-refractivity contribution in [2.45, 2.75) is 120 Å². The van der Waals surface area contributed by atoms with E-state index in [0.29, 0.717) is 51.1 Å². The summed E-state index contributed by atoms with van der Waals surface area (Å²) in [6, 6.07) is 14.0. The summed E-state index contributed by atoms with van der Waals surface area (Å²) in [6.45, 7) is 5.19. The van der Waals surface area contributed by atoms with Crippen LogP contribution in [-0.4, -0.2) is 46.0 Å². The average molecular weight is 775 g/mol. The minimum absolute atomic E-state index is 0.237. The fourth-order valence-electron chi connectivity index (χ4n) is 12.3. The Morgan fingerprint density at radius 2 is 1.27 bits per heavy atom. The van der Waals surface area contributed by atoms with E-state index in [1.165, 1.54) is 19.3 Å². The van der Waals surface area contributed by atoms with E-state index < -0.39 is 46.5 Å². The number of nitrogens with zero attached hydrogens (tertiary/aromatic N) is 2. The summed E-state index contributed by atoms with van der Waals surface area (Å²) in [4.78, 5) is 60.0. The van der Waals surface area contributed by atoms with Crippen LogP contribution < -0.4 is 10.3 Å². The summed E-state index contributed by atoms with van der Waals surface area (Å²) in [7, 11) is 0. The molecular weight excluding hydrogens is 726 g/mol. The lowest BCUT2D eigenvalue weighted by molar-refractivity contribution is -0.150. The van der Waals surface area contributed by atoms with Gasteiger partial charge in [0, 0.05) is 10.0 Å². The third kappa shape index (κ3) is 5.62. The van der Waals surface area contributed by atoms with Gasteiger partial charge < -0.3 is 14.2 Å². The smallest absolute Gasteiger partial charge is 0.431 e. The van der Waals surface area contributed by atoms with E-state index in [-0.39, 0.29) is 5.69 Å². The van der Waals surface area contributed by atoms with E-state index in [1.807, 2.05) is 6.07 Å². The van der Waals surface area contributed by atoms with Gasteiger partial charge in [-0.25, -0.2) is 24.7 Å². The van der Waals surface area contributed by atoms with E-state index >= 15 is 9.59 Å². The van der Waals surface area contributed by atoms with Gasteiger partial charge in [0.1, 0.15) is 16.8 Å². The first-order chi connectivity index (χ1) is 24.7. The Labute approximate surface area is 313 Å². The molecule has 0 aromatic heterocycles. The summed E-state index contributed by atoms with van der Waals surface area (Å²) < 4.78 is 19.5. The van der Waals surface area contributed by atoms with Crippen LogP contribution in [0.2, 0.25) is 0 Å². The van der Waals surface area contributed by atoms with Gasteiger partial charge in [-0.1, -0.05) is 52.3 Å². The second-order valence-corrected chi connectivity index (χ2v) is 19.2. The third-order valence-electron chi connectivity index (χ3n) is 13.2. The number of imide groups is 1. The molecule has 11 rings (SSSR count). The number of anilines is 1. The molecule has 1 aliphatic heterocycles. The molecule has 11 heteroatoms. The molecule has 1 heterocycles. The summed E-state index contributed by atoms with van der Waals surface area (Å²) in [5, 5.41) is 1.04. The molecule has 8 saturated carbocycles. The highest BCUT2D eigenvalue weighted by Crippen LogP contribution is 2.59. The number of hydrogen-bond donors (Lipinski definition) is 1. The van der Waals surface area contributed by atoms with Crippen molar-refractivity contribution in [2.75, 3.05) is 4.90 Å². The molecule has 0 spiro atoms. The van der Waals surface area contributed by atoms with Crippen LogP contribution in [0.25, 0.3) is 0 Å². The molecule has 276 valence electrons. The van der Waals surface area contributed by atoms with Gasteiger partial charge in [0.2, 0.25) is 0 Å². The molecule has 2 aromatic rings. The number of fused-ring (bicyclic) bond motifs is 1. The molecule has 0 radical (unpaired) electrons. The van der Waals surface area contributed by atoms with Crippen LogP contribution in [0.1, 0.15) is 109 Å². The fourth-order valence-corrected chi connectivity index (χ4v) is 12.6. The predicted molar refractivity (Wildman–Crippen MR) is 195 cm³/mol. The largest absolute Gasteiger partial charge is 0.443 e. The van der Waals surface area contributed by atoms with Gasteiger partial charge in [0.25, 0.3) is 5.91 Å². The van der Waals surface area contributed by atoms with E-state index in [1.54, 1.807) is 63.2 Å². The zero-order valence-corrected chi connectivity index (χ0v) is 31.8. The molecule has 8 aliphatic carbocycles. The number of benzene rings is 2. The molecule has 1 N–H and O–H groups in total. The number of nitrogens with one attached hydrogen (secondary N) is 1. The van der Waals surface area contributed by atoms with Gasteiger partial charge in [-0.2, -0.15) is 5.01 Å². The summed E-state index contributed by atoms with van der Waals surface area (Å²) in [5.41, 5.74) is -0.472. The molecule has 9 aliphatic rings. The summed E-state index contributed by atoms with van der Waals surface area (Å²) in [5.74, 6) is 2.26. The lowest BCUT2D eigenvalue weighted by Crippen LogP contribution is -2.65. The number of hydrogen-bond acceptors (Lipinski definition) is 7. The van der Waals surface area contributed by atoms with Crippen LogP contribution in [0.5, 0.6) is 0 Å². The number of carbonyl (C=O) groups is 4. The van der Waals surface area contributed by atoms with Crippen molar-refractivity contribution in [1.82, 2.24) is 10.4 Å². The Bertz CT molecular complexity index is 1750. The summed E-state index contributed by atoms with van der Waals surface area (Å²) in [6.07, 6.45) is 9.11. The molecule has 10 nitrogen and oxygen atoms in total. The molecule has 0 saturated heterocycles. The van der Waals surface area contributed by atoms with Crippen LogP contribution in [0.3, 0.4) is 0 Å². The third-order valence-corrected chi connectivity index (χ3v) is 13.7. The molecule has 8 bridgehead atoms. The first kappa shape index (κ1) is 34.2. The SMILES string of the molecule is CC(C)(C)OC(=O)N1C(=O)[C@](c2ccccc2)(N(NC(=O)OC23CC4CC(CC(C4)C2)C3)C(=O)OC23CC4CC(CC(C4)C2)C3)c2ccc(Br)cc21. The Balaban J connectivity index is 1.16. The minimum Gasteiger partial charge on any atom is -0.443 e. The highest BCUT2D eigenvalue weighted by Gasteiger charge is 2.63.